The Hall–Kier alpha value is -3.34. The Morgan fingerprint density at radius 2 is 1.92 bits per heavy atom. The van der Waals surface area contributed by atoms with Crippen molar-refractivity contribution in [1.82, 2.24) is 20.4 Å². The minimum atomic E-state index is -0.972. The zero-order chi connectivity index (χ0) is 27.1. The molecule has 4 aromatic rings. The van der Waals surface area contributed by atoms with Crippen molar-refractivity contribution in [1.29, 1.82) is 0 Å². The molecule has 0 amide bonds. The van der Waals surface area contributed by atoms with E-state index in [-0.39, 0.29) is 23.7 Å². The van der Waals surface area contributed by atoms with E-state index in [4.69, 9.17) is 15.0 Å². The van der Waals surface area contributed by atoms with Gasteiger partial charge in [-0.1, -0.05) is 30.3 Å². The van der Waals surface area contributed by atoms with Crippen molar-refractivity contribution in [2.45, 2.75) is 43.1 Å². The van der Waals surface area contributed by atoms with Crippen molar-refractivity contribution in [2.75, 3.05) is 26.0 Å². The zero-order valence-electron chi connectivity index (χ0n) is 21.6. The summed E-state index contributed by atoms with van der Waals surface area (Å²) in [5.74, 6) is 0.00319. The number of methoxy groups -OCH3 is 1. The summed E-state index contributed by atoms with van der Waals surface area (Å²) >= 11 is 1.77. The lowest BCUT2D eigenvalue weighted by molar-refractivity contribution is 0.198. The van der Waals surface area contributed by atoms with Gasteiger partial charge in [-0.15, -0.1) is 11.8 Å². The number of nitrogen functional groups attached to an aromatic ring is 1. The first-order valence-corrected chi connectivity index (χ1v) is 13.2. The van der Waals surface area contributed by atoms with Gasteiger partial charge in [-0.05, 0) is 43.2 Å². The number of ether oxygens (including phenoxy) is 1. The average molecular weight is 540 g/mol. The van der Waals surface area contributed by atoms with Gasteiger partial charge < -0.3 is 20.3 Å². The second-order valence-electron chi connectivity index (χ2n) is 8.92. The summed E-state index contributed by atoms with van der Waals surface area (Å²) in [7, 11) is 1.71. The van der Waals surface area contributed by atoms with Crippen LogP contribution in [0.1, 0.15) is 25.8 Å². The number of nitrogens with one attached hydrogen (secondary N) is 1. The number of halogens is 2. The smallest absolute Gasteiger partial charge is 0.189 e. The molecule has 2 aromatic heterocycles. The summed E-state index contributed by atoms with van der Waals surface area (Å²) in [6.45, 7) is 4.87. The van der Waals surface area contributed by atoms with E-state index in [1.165, 1.54) is 13.0 Å². The van der Waals surface area contributed by atoms with Gasteiger partial charge in [0.25, 0.3) is 0 Å². The fourth-order valence-electron chi connectivity index (χ4n) is 3.84. The SMILES string of the molecule is CCC(COC)Sc1ccc(-c2cnc(N)c(-c3cc(-c4ccc(CNCC(C)F)cc4F)no3)n2)cc1. The summed E-state index contributed by atoms with van der Waals surface area (Å²) in [6, 6.07) is 14.4. The van der Waals surface area contributed by atoms with E-state index >= 15 is 0 Å². The Labute approximate surface area is 225 Å². The number of nitrogens with two attached hydrogens (primary N) is 1. The van der Waals surface area contributed by atoms with E-state index in [0.717, 1.165) is 16.9 Å². The molecule has 0 saturated carbocycles. The highest BCUT2D eigenvalue weighted by Gasteiger charge is 2.18. The Morgan fingerprint density at radius 3 is 2.61 bits per heavy atom. The first-order valence-electron chi connectivity index (χ1n) is 12.4. The molecule has 200 valence electrons. The fraction of sp³-hybridized carbons (Fsp3) is 0.321. The van der Waals surface area contributed by atoms with Crippen LogP contribution in [0, 0.1) is 5.82 Å². The number of rotatable bonds is 12. The second kappa shape index (κ2) is 12.9. The van der Waals surface area contributed by atoms with Gasteiger partial charge in [0.1, 0.15) is 17.7 Å². The van der Waals surface area contributed by atoms with Crippen molar-refractivity contribution in [3.05, 3.63) is 66.1 Å². The predicted octanol–water partition coefficient (Wildman–Crippen LogP) is 6.15. The van der Waals surface area contributed by atoms with E-state index in [2.05, 4.69) is 27.4 Å². The summed E-state index contributed by atoms with van der Waals surface area (Å²) in [5, 5.41) is 7.36. The number of aromatic nitrogens is 3. The predicted molar refractivity (Wildman–Crippen MR) is 147 cm³/mol. The number of nitrogens with zero attached hydrogens (tertiary/aromatic N) is 3. The Morgan fingerprint density at radius 1 is 1.13 bits per heavy atom. The van der Waals surface area contributed by atoms with Crippen molar-refractivity contribution >= 4 is 17.6 Å². The van der Waals surface area contributed by atoms with E-state index in [0.29, 0.717) is 41.0 Å². The minimum Gasteiger partial charge on any atom is -0.384 e. The van der Waals surface area contributed by atoms with Crippen LogP contribution in [-0.4, -0.2) is 46.8 Å². The standard InChI is InChI=1S/C28H31F2N5O2S/c1-4-20(16-36-3)38-21-8-6-19(7-9-21)25-15-33-28(31)27(34-25)26-12-24(35-37-26)22-10-5-18(11-23(22)30)14-32-13-17(2)29/h5-12,15,17,20,32H,4,13-14,16H2,1-3H3,(H2,31,33). The molecule has 0 saturated heterocycles. The summed E-state index contributed by atoms with van der Waals surface area (Å²) in [6.07, 6.45) is 1.64. The first kappa shape index (κ1) is 27.7. The lowest BCUT2D eigenvalue weighted by atomic mass is 10.1. The highest BCUT2D eigenvalue weighted by molar-refractivity contribution is 8.00. The van der Waals surface area contributed by atoms with Gasteiger partial charge in [0, 0.05) is 47.5 Å². The van der Waals surface area contributed by atoms with Crippen LogP contribution in [0.15, 0.2) is 64.1 Å². The third kappa shape index (κ3) is 6.94. The van der Waals surface area contributed by atoms with Crippen molar-refractivity contribution in [3.63, 3.8) is 0 Å². The van der Waals surface area contributed by atoms with Crippen LogP contribution in [0.2, 0.25) is 0 Å². The van der Waals surface area contributed by atoms with E-state index in [1.807, 2.05) is 24.3 Å². The maximum Gasteiger partial charge on any atom is 0.189 e. The molecule has 2 unspecified atom stereocenters. The third-order valence-corrected chi connectivity index (χ3v) is 7.22. The van der Waals surface area contributed by atoms with Crippen molar-refractivity contribution < 1.29 is 18.0 Å². The van der Waals surface area contributed by atoms with Gasteiger partial charge in [-0.25, -0.2) is 18.7 Å². The largest absolute Gasteiger partial charge is 0.384 e. The summed E-state index contributed by atoms with van der Waals surface area (Å²) in [5.41, 5.74) is 9.21. The fourth-order valence-corrected chi connectivity index (χ4v) is 4.89. The topological polar surface area (TPSA) is 99.1 Å². The van der Waals surface area contributed by atoms with E-state index < -0.39 is 12.0 Å². The molecule has 0 aliphatic rings. The number of alkyl halides is 1. The quantitative estimate of drug-likeness (QED) is 0.207. The molecule has 0 spiro atoms. The Balaban J connectivity index is 1.52. The second-order valence-corrected chi connectivity index (χ2v) is 10.3. The van der Waals surface area contributed by atoms with E-state index in [9.17, 15) is 8.78 Å². The molecule has 0 radical (unpaired) electrons. The minimum absolute atomic E-state index is 0.179. The molecule has 0 fully saturated rings. The van der Waals surface area contributed by atoms with E-state index in [1.54, 1.807) is 43.3 Å². The van der Waals surface area contributed by atoms with Gasteiger partial charge >= 0.3 is 0 Å². The molecule has 2 atom stereocenters. The monoisotopic (exact) mass is 539 g/mol. The molecular formula is C28H31F2N5O2S. The van der Waals surface area contributed by atoms with Crippen LogP contribution in [0.4, 0.5) is 14.6 Å². The van der Waals surface area contributed by atoms with Crippen LogP contribution in [0.25, 0.3) is 34.0 Å². The summed E-state index contributed by atoms with van der Waals surface area (Å²) in [4.78, 5) is 10.1. The van der Waals surface area contributed by atoms with Crippen LogP contribution >= 0.6 is 11.8 Å². The van der Waals surface area contributed by atoms with Crippen LogP contribution in [0.3, 0.4) is 0 Å². The number of thioether (sulfide) groups is 1. The molecule has 0 bridgehead atoms. The first-order chi connectivity index (χ1) is 18.4. The Kier molecular flexibility index (Phi) is 9.43. The van der Waals surface area contributed by atoms with Crippen molar-refractivity contribution in [3.8, 4) is 34.0 Å². The molecule has 2 heterocycles. The lowest BCUT2D eigenvalue weighted by Gasteiger charge is -2.13. The van der Waals surface area contributed by atoms with Gasteiger partial charge in [-0.2, -0.15) is 0 Å². The van der Waals surface area contributed by atoms with Crippen LogP contribution in [0.5, 0.6) is 0 Å². The molecule has 38 heavy (non-hydrogen) atoms. The van der Waals surface area contributed by atoms with Crippen LogP contribution in [-0.2, 0) is 11.3 Å². The average Bonchev–Trinajstić information content (AvgIpc) is 3.39. The van der Waals surface area contributed by atoms with Gasteiger partial charge in [0.15, 0.2) is 17.3 Å². The molecule has 3 N–H and O–H groups in total. The maximum absolute atomic E-state index is 14.8. The molecule has 2 aromatic carbocycles. The van der Waals surface area contributed by atoms with Gasteiger partial charge in [0.05, 0.1) is 18.5 Å². The number of hydrogen-bond acceptors (Lipinski definition) is 8. The van der Waals surface area contributed by atoms with Gasteiger partial charge in [0.2, 0.25) is 0 Å². The van der Waals surface area contributed by atoms with Gasteiger partial charge in [-0.3, -0.25) is 0 Å². The molecular weight excluding hydrogens is 508 g/mol. The third-order valence-electron chi connectivity index (χ3n) is 5.87. The normalized spacial score (nSPS) is 13.0. The molecule has 7 nitrogen and oxygen atoms in total. The van der Waals surface area contributed by atoms with Crippen LogP contribution < -0.4 is 11.1 Å². The molecule has 0 aliphatic carbocycles. The van der Waals surface area contributed by atoms with Crippen molar-refractivity contribution in [2.24, 2.45) is 0 Å². The molecule has 10 heteroatoms. The highest BCUT2D eigenvalue weighted by Crippen LogP contribution is 2.32. The number of hydrogen-bond donors (Lipinski definition) is 2. The maximum atomic E-state index is 14.8. The lowest BCUT2D eigenvalue weighted by Crippen LogP contribution is -2.21. The molecule has 4 rings (SSSR count). The zero-order valence-corrected chi connectivity index (χ0v) is 22.4. The number of benzene rings is 2. The highest BCUT2D eigenvalue weighted by atomic mass is 32.2. The molecule has 0 aliphatic heterocycles. The number of anilines is 1. The summed E-state index contributed by atoms with van der Waals surface area (Å²) < 4.78 is 38.6. The Bertz CT molecular complexity index is 1350.